The van der Waals surface area contributed by atoms with Gasteiger partial charge in [0.25, 0.3) is 14.2 Å². The number of ether oxygens (including phenoxy) is 1. The van der Waals surface area contributed by atoms with Gasteiger partial charge < -0.3 is 23.6 Å². The van der Waals surface area contributed by atoms with Crippen LogP contribution < -0.4 is 14.5 Å². The maximum absolute atomic E-state index is 13.7. The van der Waals surface area contributed by atoms with Gasteiger partial charge in [0, 0.05) is 12.6 Å². The second-order valence-corrected chi connectivity index (χ2v) is 23.1. The summed E-state index contributed by atoms with van der Waals surface area (Å²) < 4.78 is 18.9. The molecule has 0 unspecified atom stereocenters. The van der Waals surface area contributed by atoms with Crippen LogP contribution >= 0.6 is 0 Å². The third-order valence-corrected chi connectivity index (χ3v) is 19.1. The summed E-state index contributed by atoms with van der Waals surface area (Å²) in [5, 5.41) is 12.1. The Hall–Kier alpha value is -2.05. The first kappa shape index (κ1) is 32.2. The minimum Gasteiger partial charge on any atom is -0.540 e. The summed E-state index contributed by atoms with van der Waals surface area (Å²) in [6.45, 7) is 25.2. The molecular formula is C28H50N2O6Si2. The molecule has 1 atom stereocenters. The predicted molar refractivity (Wildman–Crippen MR) is 159 cm³/mol. The number of carbonyl (C=O) groups is 2. The van der Waals surface area contributed by atoms with Crippen molar-refractivity contribution in [2.24, 2.45) is 0 Å². The number of hydrogen-bond donors (Lipinski definition) is 2. The van der Waals surface area contributed by atoms with E-state index in [0.29, 0.717) is 41.3 Å². The zero-order chi connectivity index (χ0) is 29.2. The maximum Gasteiger partial charge on any atom is 0.409 e. The van der Waals surface area contributed by atoms with Gasteiger partial charge in [0.2, 0.25) is 0 Å². The van der Waals surface area contributed by atoms with E-state index in [0.717, 1.165) is 6.42 Å². The molecule has 0 radical (unpaired) electrons. The van der Waals surface area contributed by atoms with E-state index in [1.165, 1.54) is 0 Å². The van der Waals surface area contributed by atoms with Crippen molar-refractivity contribution in [2.75, 3.05) is 25.6 Å². The molecule has 10 heteroatoms. The van der Waals surface area contributed by atoms with Crippen molar-refractivity contribution in [2.45, 2.75) is 110 Å². The van der Waals surface area contributed by atoms with Gasteiger partial charge in [-0.3, -0.25) is 10.1 Å². The number of rotatable bonds is 11. The van der Waals surface area contributed by atoms with Crippen LogP contribution in [0.3, 0.4) is 0 Å². The van der Waals surface area contributed by atoms with Gasteiger partial charge in [-0.05, 0) is 47.2 Å². The van der Waals surface area contributed by atoms with Crippen LogP contribution in [0.15, 0.2) is 12.1 Å². The molecule has 1 aromatic rings. The van der Waals surface area contributed by atoms with Crippen LogP contribution in [0, 0.1) is 0 Å². The molecule has 1 saturated heterocycles. The zero-order valence-corrected chi connectivity index (χ0v) is 27.5. The van der Waals surface area contributed by atoms with E-state index < -0.39 is 22.7 Å². The van der Waals surface area contributed by atoms with E-state index in [1.54, 1.807) is 24.1 Å². The molecule has 0 bridgehead atoms. The van der Waals surface area contributed by atoms with Gasteiger partial charge in [-0.15, -0.1) is 0 Å². The molecule has 0 aromatic heterocycles. The maximum atomic E-state index is 13.7. The summed E-state index contributed by atoms with van der Waals surface area (Å²) in [5.74, 6) is 0.656. The molecule has 1 aliphatic heterocycles. The van der Waals surface area contributed by atoms with Crippen molar-refractivity contribution in [1.82, 2.24) is 4.90 Å². The van der Waals surface area contributed by atoms with Crippen LogP contribution in [0.4, 0.5) is 10.5 Å². The lowest BCUT2D eigenvalue weighted by molar-refractivity contribution is 0.0314. The molecule has 2 rings (SSSR count). The topological polar surface area (TPSA) is 97.3 Å². The second-order valence-electron chi connectivity index (χ2n) is 12.9. The van der Waals surface area contributed by atoms with Gasteiger partial charge in [-0.1, -0.05) is 62.3 Å². The summed E-state index contributed by atoms with van der Waals surface area (Å²) >= 11 is 0. The van der Waals surface area contributed by atoms with Crippen molar-refractivity contribution in [3.8, 4) is 11.5 Å². The molecule has 0 aliphatic carbocycles. The van der Waals surface area contributed by atoms with Gasteiger partial charge in [0.15, 0.2) is 14.1 Å². The number of amides is 2. The fraction of sp³-hybridized carbons (Fsp3) is 0.714. The van der Waals surface area contributed by atoms with Crippen LogP contribution in [-0.2, 0) is 4.43 Å². The Morgan fingerprint density at radius 3 is 2.00 bits per heavy atom. The first-order valence-electron chi connectivity index (χ1n) is 13.7. The number of benzene rings is 1. The summed E-state index contributed by atoms with van der Waals surface area (Å²) in [4.78, 5) is 27.2. The highest BCUT2D eigenvalue weighted by atomic mass is 28.4. The number of anilines is 1. The zero-order valence-electron chi connectivity index (χ0n) is 25.5. The predicted octanol–water partition coefficient (Wildman–Crippen LogP) is 7.58. The molecule has 0 spiro atoms. The lowest BCUT2D eigenvalue weighted by Gasteiger charge is -2.44. The number of likely N-dealkylation sites (tertiary alicyclic amines) is 1. The lowest BCUT2D eigenvalue weighted by Crippen LogP contribution is -2.55. The van der Waals surface area contributed by atoms with E-state index in [1.807, 2.05) is 0 Å². The highest BCUT2D eigenvalue weighted by molar-refractivity contribution is 6.78. The molecule has 2 N–H and O–H groups in total. The van der Waals surface area contributed by atoms with Crippen LogP contribution in [-0.4, -0.2) is 64.9 Å². The standard InChI is InChI=1S/C28H50N2O6Si2/c1-18(2)38(19(3)4,20(5)6)36-25-16-23(29-27(32)33)22(15-24(25)34-10)26(31)30-14-13-21(30)17-35-37(11,12)28(7,8)9/h15-16,18-21,29H,13-14,17H2,1-12H3,(H,32,33)/t21-/m0/s1. The molecule has 1 aromatic carbocycles. The van der Waals surface area contributed by atoms with Gasteiger partial charge in [0.05, 0.1) is 31.0 Å². The third kappa shape index (κ3) is 6.56. The second kappa shape index (κ2) is 12.0. The monoisotopic (exact) mass is 566 g/mol. The van der Waals surface area contributed by atoms with Gasteiger partial charge >= 0.3 is 6.09 Å². The van der Waals surface area contributed by atoms with E-state index in [4.69, 9.17) is 13.6 Å². The van der Waals surface area contributed by atoms with E-state index in [2.05, 4.69) is 80.7 Å². The van der Waals surface area contributed by atoms with Gasteiger partial charge in [-0.2, -0.15) is 0 Å². The summed E-state index contributed by atoms with van der Waals surface area (Å²) in [7, 11) is -2.77. The first-order chi connectivity index (χ1) is 17.4. The number of carboxylic acid groups (broad SMARTS) is 1. The highest BCUT2D eigenvalue weighted by Gasteiger charge is 2.48. The van der Waals surface area contributed by atoms with Crippen LogP contribution in [0.5, 0.6) is 11.5 Å². The minimum atomic E-state index is -2.36. The van der Waals surface area contributed by atoms with Crippen molar-refractivity contribution in [3.05, 3.63) is 17.7 Å². The van der Waals surface area contributed by atoms with Crippen molar-refractivity contribution < 1.29 is 28.3 Å². The van der Waals surface area contributed by atoms with Crippen LogP contribution in [0.1, 0.15) is 79.1 Å². The number of nitrogens with zero attached hydrogens (tertiary/aromatic N) is 1. The molecule has 0 saturated carbocycles. The Balaban J connectivity index is 2.46. The van der Waals surface area contributed by atoms with Crippen LogP contribution in [0.25, 0.3) is 0 Å². The van der Waals surface area contributed by atoms with Gasteiger partial charge in [0.1, 0.15) is 5.75 Å². The largest absolute Gasteiger partial charge is 0.540 e. The Morgan fingerprint density at radius 1 is 1.05 bits per heavy atom. The number of methoxy groups -OCH3 is 1. The molecule has 216 valence electrons. The Labute approximate surface area is 231 Å². The molecule has 1 fully saturated rings. The Morgan fingerprint density at radius 2 is 1.61 bits per heavy atom. The molecular weight excluding hydrogens is 516 g/mol. The quantitative estimate of drug-likeness (QED) is 0.268. The van der Waals surface area contributed by atoms with Crippen molar-refractivity contribution >= 4 is 34.3 Å². The fourth-order valence-corrected chi connectivity index (χ4v) is 11.6. The molecule has 8 nitrogen and oxygen atoms in total. The number of carbonyl (C=O) groups excluding carboxylic acids is 1. The summed E-state index contributed by atoms with van der Waals surface area (Å²) in [6.07, 6.45) is -0.386. The minimum absolute atomic E-state index is 0.0425. The van der Waals surface area contributed by atoms with Crippen molar-refractivity contribution in [3.63, 3.8) is 0 Å². The third-order valence-electron chi connectivity index (χ3n) is 8.62. The summed E-state index contributed by atoms with van der Waals surface area (Å²) in [5.41, 5.74) is 1.39. The number of hydrogen-bond acceptors (Lipinski definition) is 5. The highest BCUT2D eigenvalue weighted by Crippen LogP contribution is 2.46. The SMILES string of the molecule is COc1cc(C(=O)N2CC[C@H]2CO[Si](C)(C)C(C)(C)C)c(NC(=O)O)cc1O[Si](C(C)C)(C(C)C)C(C)C. The lowest BCUT2D eigenvalue weighted by atomic mass is 10.0. The number of nitrogens with one attached hydrogen (secondary N) is 1. The normalized spacial score (nSPS) is 16.6. The van der Waals surface area contributed by atoms with Crippen molar-refractivity contribution in [1.29, 1.82) is 0 Å². The molecule has 1 aliphatic rings. The average Bonchev–Trinajstić information content (AvgIpc) is 2.74. The van der Waals surface area contributed by atoms with Crippen LogP contribution in [0.2, 0.25) is 34.8 Å². The Kier molecular flexibility index (Phi) is 10.2. The molecule has 38 heavy (non-hydrogen) atoms. The fourth-order valence-electron chi connectivity index (χ4n) is 5.30. The first-order valence-corrected chi connectivity index (χ1v) is 18.8. The van der Waals surface area contributed by atoms with E-state index >= 15 is 0 Å². The molecule has 1 heterocycles. The molecule has 2 amide bonds. The van der Waals surface area contributed by atoms with E-state index in [-0.39, 0.29) is 28.2 Å². The summed E-state index contributed by atoms with van der Waals surface area (Å²) in [6, 6.07) is 3.20. The average molecular weight is 567 g/mol. The van der Waals surface area contributed by atoms with Gasteiger partial charge in [-0.25, -0.2) is 4.79 Å². The Bertz CT molecular complexity index is 982. The van der Waals surface area contributed by atoms with E-state index in [9.17, 15) is 14.7 Å². The smallest absolute Gasteiger partial charge is 0.409 e.